The maximum atomic E-state index is 14.5. The summed E-state index contributed by atoms with van der Waals surface area (Å²) in [5, 5.41) is 3.19. The number of rotatable bonds is 9. The molecular formula is C25H23FN4O4S. The van der Waals surface area contributed by atoms with Crippen molar-refractivity contribution in [2.24, 2.45) is 0 Å². The number of aromatic amines is 1. The first-order chi connectivity index (χ1) is 17.0. The van der Waals surface area contributed by atoms with E-state index in [1.807, 2.05) is 0 Å². The van der Waals surface area contributed by atoms with Crippen LogP contribution in [0.1, 0.15) is 22.3 Å². The molecule has 0 aliphatic rings. The third-order valence-electron chi connectivity index (χ3n) is 5.29. The van der Waals surface area contributed by atoms with E-state index in [-0.39, 0.29) is 28.5 Å². The lowest BCUT2D eigenvalue weighted by atomic mass is 10.1. The number of H-pyrrole nitrogens is 1. The zero-order chi connectivity index (χ0) is 24.8. The Bertz CT molecular complexity index is 1470. The SMILES string of the molecule is COCCCn1c(=S)[nH]c2cc(C(=O)NCc3ccc(Oc4cccnc4)c(F)c3)ccc2c1=O. The van der Waals surface area contributed by atoms with Crippen molar-refractivity contribution in [2.75, 3.05) is 13.7 Å². The monoisotopic (exact) mass is 494 g/mol. The van der Waals surface area contributed by atoms with E-state index in [1.54, 1.807) is 49.7 Å². The number of carbonyl (C=O) groups is 1. The summed E-state index contributed by atoms with van der Waals surface area (Å²) in [5.74, 6) is -0.442. The largest absolute Gasteiger partial charge is 0.453 e. The molecule has 4 rings (SSSR count). The molecule has 8 nitrogen and oxygen atoms in total. The van der Waals surface area contributed by atoms with Crippen molar-refractivity contribution >= 4 is 29.0 Å². The summed E-state index contributed by atoms with van der Waals surface area (Å²) < 4.78 is 26.7. The second-order valence-electron chi connectivity index (χ2n) is 7.73. The van der Waals surface area contributed by atoms with E-state index in [2.05, 4.69) is 15.3 Å². The van der Waals surface area contributed by atoms with Crippen molar-refractivity contribution in [3.05, 3.63) is 93.0 Å². The van der Waals surface area contributed by atoms with Gasteiger partial charge in [-0.2, -0.15) is 0 Å². The van der Waals surface area contributed by atoms with Crippen LogP contribution >= 0.6 is 12.2 Å². The minimum Gasteiger partial charge on any atom is -0.453 e. The number of fused-ring (bicyclic) bond motifs is 1. The molecule has 2 N–H and O–H groups in total. The number of aromatic nitrogens is 3. The van der Waals surface area contributed by atoms with Gasteiger partial charge in [0.15, 0.2) is 16.3 Å². The van der Waals surface area contributed by atoms with Crippen LogP contribution < -0.4 is 15.6 Å². The van der Waals surface area contributed by atoms with Gasteiger partial charge in [-0.05, 0) is 66.7 Å². The van der Waals surface area contributed by atoms with Crippen molar-refractivity contribution in [1.29, 1.82) is 0 Å². The van der Waals surface area contributed by atoms with Crippen molar-refractivity contribution in [3.63, 3.8) is 0 Å². The Balaban J connectivity index is 1.45. The van der Waals surface area contributed by atoms with Gasteiger partial charge in [-0.15, -0.1) is 0 Å². The minimum absolute atomic E-state index is 0.0609. The Kier molecular flexibility index (Phi) is 7.64. The zero-order valence-electron chi connectivity index (χ0n) is 18.9. The normalized spacial score (nSPS) is 10.9. The number of hydrogen-bond donors (Lipinski definition) is 2. The van der Waals surface area contributed by atoms with E-state index in [0.717, 1.165) is 0 Å². The lowest BCUT2D eigenvalue weighted by Gasteiger charge is -2.10. The summed E-state index contributed by atoms with van der Waals surface area (Å²) in [5.41, 5.74) is 1.15. The molecule has 0 saturated heterocycles. The number of carbonyl (C=O) groups excluding carboxylic acids is 1. The van der Waals surface area contributed by atoms with Gasteiger partial charge in [0.2, 0.25) is 0 Å². The number of hydrogen-bond acceptors (Lipinski definition) is 6. The Morgan fingerprint density at radius 2 is 2.09 bits per heavy atom. The molecule has 2 aromatic heterocycles. The number of ether oxygens (including phenoxy) is 2. The minimum atomic E-state index is -0.555. The molecule has 4 aromatic rings. The fraction of sp³-hybridized carbons (Fsp3) is 0.200. The van der Waals surface area contributed by atoms with Crippen LogP contribution in [0, 0.1) is 10.6 Å². The van der Waals surface area contributed by atoms with E-state index >= 15 is 0 Å². The van der Waals surface area contributed by atoms with Crippen LogP contribution in [0.25, 0.3) is 10.9 Å². The first-order valence-corrected chi connectivity index (χ1v) is 11.3. The third kappa shape index (κ3) is 5.79. The first-order valence-electron chi connectivity index (χ1n) is 10.9. The van der Waals surface area contributed by atoms with Crippen molar-refractivity contribution in [1.82, 2.24) is 19.9 Å². The maximum Gasteiger partial charge on any atom is 0.262 e. The van der Waals surface area contributed by atoms with E-state index in [1.165, 1.54) is 22.9 Å². The summed E-state index contributed by atoms with van der Waals surface area (Å²) in [7, 11) is 1.60. The molecule has 0 aliphatic carbocycles. The summed E-state index contributed by atoms with van der Waals surface area (Å²) in [4.78, 5) is 32.4. The van der Waals surface area contributed by atoms with Gasteiger partial charge in [0.25, 0.3) is 11.5 Å². The zero-order valence-corrected chi connectivity index (χ0v) is 19.7. The highest BCUT2D eigenvalue weighted by atomic mass is 32.1. The fourth-order valence-corrected chi connectivity index (χ4v) is 3.81. The molecule has 10 heteroatoms. The Labute approximate surface area is 205 Å². The molecule has 2 aromatic carbocycles. The molecule has 0 saturated carbocycles. The number of amides is 1. The Hall–Kier alpha value is -3.89. The summed E-state index contributed by atoms with van der Waals surface area (Å²) in [6, 6.07) is 12.6. The van der Waals surface area contributed by atoms with E-state index in [9.17, 15) is 14.0 Å². The van der Waals surface area contributed by atoms with Crippen LogP contribution in [0.4, 0.5) is 4.39 Å². The summed E-state index contributed by atoms with van der Waals surface area (Å²) >= 11 is 5.32. The van der Waals surface area contributed by atoms with Gasteiger partial charge in [-0.3, -0.25) is 19.1 Å². The van der Waals surface area contributed by atoms with Crippen molar-refractivity contribution in [3.8, 4) is 11.5 Å². The van der Waals surface area contributed by atoms with Gasteiger partial charge in [0.05, 0.1) is 17.1 Å². The van der Waals surface area contributed by atoms with Gasteiger partial charge in [-0.1, -0.05) is 6.07 Å². The predicted molar refractivity (Wildman–Crippen MR) is 132 cm³/mol. The van der Waals surface area contributed by atoms with E-state index in [0.29, 0.717) is 47.4 Å². The van der Waals surface area contributed by atoms with Crippen LogP contribution in [0.2, 0.25) is 0 Å². The quantitative estimate of drug-likeness (QED) is 0.265. The van der Waals surface area contributed by atoms with E-state index in [4.69, 9.17) is 21.7 Å². The van der Waals surface area contributed by atoms with E-state index < -0.39 is 5.82 Å². The van der Waals surface area contributed by atoms with Crippen LogP contribution in [-0.2, 0) is 17.8 Å². The van der Waals surface area contributed by atoms with Gasteiger partial charge in [0, 0.05) is 38.6 Å². The standard InChI is InChI=1S/C25H23FN4O4S/c1-33-11-3-10-30-24(32)19-7-6-17(13-21(19)29-25(30)35)23(31)28-14-16-5-8-22(20(26)12-16)34-18-4-2-9-27-15-18/h2,4-9,12-13,15H,3,10-11,14H2,1H3,(H,28,31)(H,29,35). The van der Waals surface area contributed by atoms with Crippen LogP contribution in [-0.4, -0.2) is 34.2 Å². The third-order valence-corrected chi connectivity index (χ3v) is 5.61. The summed E-state index contributed by atoms with van der Waals surface area (Å²) in [6.07, 6.45) is 3.73. The smallest absolute Gasteiger partial charge is 0.262 e. The van der Waals surface area contributed by atoms with Crippen LogP contribution in [0.5, 0.6) is 11.5 Å². The number of halogens is 1. The van der Waals surface area contributed by atoms with Crippen LogP contribution in [0.15, 0.2) is 65.7 Å². The molecular weight excluding hydrogens is 471 g/mol. The molecule has 1 amide bonds. The molecule has 35 heavy (non-hydrogen) atoms. The highest BCUT2D eigenvalue weighted by molar-refractivity contribution is 7.71. The lowest BCUT2D eigenvalue weighted by molar-refractivity contribution is 0.0951. The highest BCUT2D eigenvalue weighted by Crippen LogP contribution is 2.24. The van der Waals surface area contributed by atoms with Gasteiger partial charge < -0.3 is 19.8 Å². The number of pyridine rings is 1. The molecule has 180 valence electrons. The van der Waals surface area contributed by atoms with Gasteiger partial charge >= 0.3 is 0 Å². The Morgan fingerprint density at radius 1 is 1.23 bits per heavy atom. The highest BCUT2D eigenvalue weighted by Gasteiger charge is 2.12. The molecule has 0 aliphatic heterocycles. The molecule has 0 unspecified atom stereocenters. The summed E-state index contributed by atoms with van der Waals surface area (Å²) in [6.45, 7) is 1.06. The fourth-order valence-electron chi connectivity index (χ4n) is 3.52. The van der Waals surface area contributed by atoms with Crippen molar-refractivity contribution in [2.45, 2.75) is 19.5 Å². The topological polar surface area (TPSA) is 98.2 Å². The second kappa shape index (κ2) is 11.0. The van der Waals surface area contributed by atoms with Gasteiger partial charge in [-0.25, -0.2) is 4.39 Å². The number of methoxy groups -OCH3 is 1. The molecule has 0 bridgehead atoms. The second-order valence-corrected chi connectivity index (χ2v) is 8.12. The predicted octanol–water partition coefficient (Wildman–Crippen LogP) is 4.35. The van der Waals surface area contributed by atoms with Gasteiger partial charge in [0.1, 0.15) is 5.75 Å². The molecule has 0 fully saturated rings. The molecule has 2 heterocycles. The van der Waals surface area contributed by atoms with Crippen LogP contribution in [0.3, 0.4) is 0 Å². The number of benzene rings is 2. The molecule has 0 atom stereocenters. The average Bonchev–Trinajstić information content (AvgIpc) is 2.86. The average molecular weight is 495 g/mol. The number of nitrogens with one attached hydrogen (secondary N) is 2. The number of nitrogens with zero attached hydrogens (tertiary/aromatic N) is 2. The first kappa shape index (κ1) is 24.2. The molecule has 0 spiro atoms. The molecule has 0 radical (unpaired) electrons. The maximum absolute atomic E-state index is 14.5. The Morgan fingerprint density at radius 3 is 2.83 bits per heavy atom. The van der Waals surface area contributed by atoms with Crippen molar-refractivity contribution < 1.29 is 18.7 Å². The lowest BCUT2D eigenvalue weighted by Crippen LogP contribution is -2.24.